The Morgan fingerprint density at radius 1 is 0.875 bits per heavy atom. The molecule has 0 bridgehead atoms. The van der Waals surface area contributed by atoms with Crippen LogP contribution in [0.25, 0.3) is 16.9 Å². The second kappa shape index (κ2) is 7.18. The van der Waals surface area contributed by atoms with Gasteiger partial charge in [-0.05, 0) is 41.7 Å². The van der Waals surface area contributed by atoms with E-state index in [4.69, 9.17) is 4.74 Å². The predicted octanol–water partition coefficient (Wildman–Crippen LogP) is 6.27. The molecule has 1 nitrogen and oxygen atoms in total. The molecule has 0 aliphatic heterocycles. The van der Waals surface area contributed by atoms with E-state index in [1.165, 1.54) is 11.1 Å². The molecule has 3 rings (SSSR count). The van der Waals surface area contributed by atoms with Crippen molar-refractivity contribution in [3.8, 4) is 16.9 Å². The molecule has 1 heteroatoms. The van der Waals surface area contributed by atoms with Gasteiger partial charge in [-0.15, -0.1) is 0 Å². The first-order chi connectivity index (χ1) is 11.7. The fraction of sp³-hybridized carbons (Fsp3) is 0.130. The standard InChI is InChI=1S/C23H22O/c1-4-19-11-14-20(15-12-19)18(3)24-23-16-22(13-10-17(23)2)21-8-6-5-7-9-21/h5-16H,3-4H2,1-2H3. The highest BCUT2D eigenvalue weighted by Crippen LogP contribution is 2.29. The SMILES string of the molecule is C=C(Oc1cc(-c2ccccc2)ccc1C)c1ccc(CC)cc1. The summed E-state index contributed by atoms with van der Waals surface area (Å²) < 4.78 is 6.07. The highest BCUT2D eigenvalue weighted by atomic mass is 16.5. The molecule has 0 aliphatic carbocycles. The molecule has 0 fully saturated rings. The van der Waals surface area contributed by atoms with Crippen LogP contribution in [0.1, 0.15) is 23.6 Å². The normalized spacial score (nSPS) is 10.4. The minimum atomic E-state index is 0.672. The van der Waals surface area contributed by atoms with Crippen LogP contribution in [0.3, 0.4) is 0 Å². The third-order valence-corrected chi connectivity index (χ3v) is 4.21. The number of benzene rings is 3. The second-order valence-electron chi connectivity index (χ2n) is 5.92. The fourth-order valence-electron chi connectivity index (χ4n) is 2.64. The van der Waals surface area contributed by atoms with Crippen LogP contribution in [-0.4, -0.2) is 0 Å². The zero-order valence-electron chi connectivity index (χ0n) is 14.3. The summed E-state index contributed by atoms with van der Waals surface area (Å²) in [6.45, 7) is 8.30. The van der Waals surface area contributed by atoms with Gasteiger partial charge in [0.2, 0.25) is 0 Å². The summed E-state index contributed by atoms with van der Waals surface area (Å²) in [5.74, 6) is 1.52. The number of aryl methyl sites for hydroxylation is 2. The van der Waals surface area contributed by atoms with Crippen LogP contribution in [0.4, 0.5) is 0 Å². The molecule has 0 atom stereocenters. The second-order valence-corrected chi connectivity index (χ2v) is 5.92. The predicted molar refractivity (Wildman–Crippen MR) is 102 cm³/mol. The maximum Gasteiger partial charge on any atom is 0.130 e. The van der Waals surface area contributed by atoms with Gasteiger partial charge in [-0.3, -0.25) is 0 Å². The first kappa shape index (κ1) is 16.1. The molecule has 0 spiro atoms. The van der Waals surface area contributed by atoms with Gasteiger partial charge in [0.1, 0.15) is 11.5 Å². The van der Waals surface area contributed by atoms with Crippen LogP contribution in [-0.2, 0) is 6.42 Å². The van der Waals surface area contributed by atoms with E-state index in [9.17, 15) is 0 Å². The lowest BCUT2D eigenvalue weighted by Gasteiger charge is -2.13. The third kappa shape index (κ3) is 3.57. The van der Waals surface area contributed by atoms with Gasteiger partial charge < -0.3 is 4.74 Å². The molecule has 3 aromatic carbocycles. The number of hydrogen-bond donors (Lipinski definition) is 0. The van der Waals surface area contributed by atoms with Crippen LogP contribution in [0, 0.1) is 6.92 Å². The van der Waals surface area contributed by atoms with Crippen LogP contribution in [0.2, 0.25) is 0 Å². The van der Waals surface area contributed by atoms with Gasteiger partial charge in [-0.25, -0.2) is 0 Å². The molecule has 0 radical (unpaired) electrons. The Bertz CT molecular complexity index is 830. The first-order valence-corrected chi connectivity index (χ1v) is 8.29. The molecular formula is C23H22O. The highest BCUT2D eigenvalue weighted by molar-refractivity contribution is 5.68. The van der Waals surface area contributed by atoms with E-state index in [1.54, 1.807) is 0 Å². The highest BCUT2D eigenvalue weighted by Gasteiger charge is 2.07. The quantitative estimate of drug-likeness (QED) is 0.504. The summed E-state index contributed by atoms with van der Waals surface area (Å²) in [6.07, 6.45) is 1.03. The molecular weight excluding hydrogens is 292 g/mol. The minimum Gasteiger partial charge on any atom is -0.457 e. The van der Waals surface area contributed by atoms with E-state index in [1.807, 2.05) is 18.2 Å². The lowest BCUT2D eigenvalue weighted by Crippen LogP contribution is -1.96. The molecule has 0 unspecified atom stereocenters. The Kier molecular flexibility index (Phi) is 4.81. The smallest absolute Gasteiger partial charge is 0.130 e. The van der Waals surface area contributed by atoms with Gasteiger partial charge in [-0.1, -0.05) is 80.2 Å². The number of rotatable bonds is 5. The van der Waals surface area contributed by atoms with Crippen molar-refractivity contribution in [2.75, 3.05) is 0 Å². The number of hydrogen-bond acceptors (Lipinski definition) is 1. The maximum absolute atomic E-state index is 6.07. The van der Waals surface area contributed by atoms with Crippen molar-refractivity contribution in [2.45, 2.75) is 20.3 Å². The van der Waals surface area contributed by atoms with Gasteiger partial charge in [0, 0.05) is 5.56 Å². The Morgan fingerprint density at radius 3 is 2.25 bits per heavy atom. The zero-order chi connectivity index (χ0) is 16.9. The molecule has 0 saturated heterocycles. The van der Waals surface area contributed by atoms with Gasteiger partial charge in [0.05, 0.1) is 0 Å². The Morgan fingerprint density at radius 2 is 1.58 bits per heavy atom. The molecule has 0 heterocycles. The Labute approximate surface area is 144 Å². The maximum atomic E-state index is 6.07. The van der Waals surface area contributed by atoms with Crippen molar-refractivity contribution in [3.63, 3.8) is 0 Å². The molecule has 0 amide bonds. The summed E-state index contributed by atoms with van der Waals surface area (Å²) in [4.78, 5) is 0. The van der Waals surface area contributed by atoms with E-state index in [0.29, 0.717) is 5.76 Å². The largest absolute Gasteiger partial charge is 0.457 e. The summed E-state index contributed by atoms with van der Waals surface area (Å²) in [6, 6.07) is 25.0. The fourth-order valence-corrected chi connectivity index (χ4v) is 2.64. The van der Waals surface area contributed by atoms with Crippen molar-refractivity contribution in [2.24, 2.45) is 0 Å². The third-order valence-electron chi connectivity index (χ3n) is 4.21. The van der Waals surface area contributed by atoms with Gasteiger partial charge in [0.25, 0.3) is 0 Å². The molecule has 0 saturated carbocycles. The topological polar surface area (TPSA) is 9.23 Å². The van der Waals surface area contributed by atoms with E-state index >= 15 is 0 Å². The molecule has 0 aromatic heterocycles. The van der Waals surface area contributed by atoms with Crippen molar-refractivity contribution in [3.05, 3.63) is 96.1 Å². The lowest BCUT2D eigenvalue weighted by atomic mass is 10.0. The molecule has 0 N–H and O–H groups in total. The van der Waals surface area contributed by atoms with Crippen LogP contribution < -0.4 is 4.74 Å². The van der Waals surface area contributed by atoms with Crippen LogP contribution in [0.15, 0.2) is 79.4 Å². The summed E-state index contributed by atoms with van der Waals surface area (Å²) in [5.41, 5.74) is 5.75. The van der Waals surface area contributed by atoms with Crippen molar-refractivity contribution < 1.29 is 4.74 Å². The average molecular weight is 314 g/mol. The summed E-state index contributed by atoms with van der Waals surface area (Å²) >= 11 is 0. The van der Waals surface area contributed by atoms with Crippen molar-refractivity contribution in [1.82, 2.24) is 0 Å². The number of ether oxygens (including phenoxy) is 1. The van der Waals surface area contributed by atoms with Crippen molar-refractivity contribution >= 4 is 5.76 Å². The molecule has 24 heavy (non-hydrogen) atoms. The lowest BCUT2D eigenvalue weighted by molar-refractivity contribution is 0.513. The van der Waals surface area contributed by atoms with Gasteiger partial charge >= 0.3 is 0 Å². The van der Waals surface area contributed by atoms with E-state index in [-0.39, 0.29) is 0 Å². The van der Waals surface area contributed by atoms with Crippen LogP contribution in [0.5, 0.6) is 5.75 Å². The van der Waals surface area contributed by atoms with E-state index < -0.39 is 0 Å². The minimum absolute atomic E-state index is 0.672. The Balaban J connectivity index is 1.85. The monoisotopic (exact) mass is 314 g/mol. The Hall–Kier alpha value is -2.80. The van der Waals surface area contributed by atoms with E-state index in [2.05, 4.69) is 75.0 Å². The van der Waals surface area contributed by atoms with Gasteiger partial charge in [0.15, 0.2) is 0 Å². The van der Waals surface area contributed by atoms with Crippen molar-refractivity contribution in [1.29, 1.82) is 0 Å². The zero-order valence-corrected chi connectivity index (χ0v) is 14.3. The molecule has 0 aliphatic rings. The summed E-state index contributed by atoms with van der Waals surface area (Å²) in [7, 11) is 0. The molecule has 120 valence electrons. The average Bonchev–Trinajstić information content (AvgIpc) is 2.64. The summed E-state index contributed by atoms with van der Waals surface area (Å²) in [5, 5.41) is 0. The first-order valence-electron chi connectivity index (χ1n) is 8.29. The molecule has 3 aromatic rings. The van der Waals surface area contributed by atoms with Crippen LogP contribution >= 0.6 is 0 Å². The van der Waals surface area contributed by atoms with Gasteiger partial charge in [-0.2, -0.15) is 0 Å². The van der Waals surface area contributed by atoms with E-state index in [0.717, 1.165) is 28.9 Å².